The third-order valence-corrected chi connectivity index (χ3v) is 5.89. The van der Waals surface area contributed by atoms with Crippen LogP contribution in [-0.2, 0) is 44.6 Å². The van der Waals surface area contributed by atoms with E-state index in [2.05, 4.69) is 5.32 Å². The van der Waals surface area contributed by atoms with E-state index < -0.39 is 42.4 Å². The van der Waals surface area contributed by atoms with Crippen LogP contribution in [0, 0.1) is 5.92 Å². The Morgan fingerprint density at radius 2 is 1.74 bits per heavy atom. The summed E-state index contributed by atoms with van der Waals surface area (Å²) in [7, 11) is 0. The van der Waals surface area contributed by atoms with Gasteiger partial charge in [-0.3, -0.25) is 10.1 Å². The van der Waals surface area contributed by atoms with Gasteiger partial charge in [0.25, 0.3) is 0 Å². The maximum atomic E-state index is 12.7. The number of aliphatic hydroxyl groups excluding tert-OH is 1. The number of esters is 2. The van der Waals surface area contributed by atoms with Crippen molar-refractivity contribution < 1.29 is 43.1 Å². The molecule has 1 unspecified atom stereocenters. The standard InChI is InChI=1S/C25H37NO9/c1-14(2)19(26-24(29)31-12-17-10-8-7-9-11-17)23(28)33-16(4)22(27)30-13-18-21-20(15(3)32-18)34-25(5,6)35-21/h7-11,14-16,18-21,24,26,29H,12-13H2,1-6H3/t15-,16-,18+,19-,20-,21+,24?/m0/s1. The van der Waals surface area contributed by atoms with E-state index in [-0.39, 0.29) is 37.4 Å². The Bertz CT molecular complexity index is 847. The fourth-order valence-electron chi connectivity index (χ4n) is 4.09. The lowest BCUT2D eigenvalue weighted by Crippen LogP contribution is -2.49. The normalized spacial score (nSPS) is 27.8. The summed E-state index contributed by atoms with van der Waals surface area (Å²) in [4.78, 5) is 25.2. The zero-order valence-corrected chi connectivity index (χ0v) is 21.1. The second-order valence-corrected chi connectivity index (χ2v) is 9.69. The Balaban J connectivity index is 1.45. The molecule has 10 nitrogen and oxygen atoms in total. The Hall–Kier alpha value is -2.08. The van der Waals surface area contributed by atoms with Crippen LogP contribution in [0.1, 0.15) is 47.1 Å². The molecule has 1 aromatic carbocycles. The van der Waals surface area contributed by atoms with Gasteiger partial charge in [0.15, 0.2) is 11.9 Å². The van der Waals surface area contributed by atoms with Gasteiger partial charge in [-0.25, -0.2) is 4.79 Å². The van der Waals surface area contributed by atoms with E-state index >= 15 is 0 Å². The van der Waals surface area contributed by atoms with Crippen molar-refractivity contribution in [1.29, 1.82) is 0 Å². The number of carbonyl (C=O) groups excluding carboxylic acids is 2. The number of hydrogen-bond acceptors (Lipinski definition) is 10. The van der Waals surface area contributed by atoms with Crippen molar-refractivity contribution in [3.63, 3.8) is 0 Å². The van der Waals surface area contributed by atoms with Gasteiger partial charge in [0, 0.05) is 0 Å². The molecule has 2 saturated heterocycles. The fraction of sp³-hybridized carbons (Fsp3) is 0.680. The molecular formula is C25H37NO9. The van der Waals surface area contributed by atoms with E-state index in [4.69, 9.17) is 28.4 Å². The summed E-state index contributed by atoms with van der Waals surface area (Å²) in [6.45, 7) is 10.6. The Morgan fingerprint density at radius 1 is 1.09 bits per heavy atom. The highest BCUT2D eigenvalue weighted by molar-refractivity contribution is 5.81. The molecule has 2 heterocycles. The quantitative estimate of drug-likeness (QED) is 0.348. The molecule has 2 aliphatic heterocycles. The van der Waals surface area contributed by atoms with E-state index in [1.165, 1.54) is 6.92 Å². The number of hydrogen-bond donors (Lipinski definition) is 2. The van der Waals surface area contributed by atoms with Gasteiger partial charge in [-0.2, -0.15) is 0 Å². The average molecular weight is 496 g/mol. The van der Waals surface area contributed by atoms with Crippen molar-refractivity contribution in [3.8, 4) is 0 Å². The predicted molar refractivity (Wildman–Crippen MR) is 124 cm³/mol. The van der Waals surface area contributed by atoms with E-state index in [1.807, 2.05) is 51.1 Å². The SMILES string of the molecule is CC(C)[C@H](NC(O)OCc1ccccc1)C(=O)O[C@@H](C)C(=O)OC[C@H]1O[C@@H](C)[C@@H]2OC(C)(C)O[C@@H]21. The van der Waals surface area contributed by atoms with Crippen molar-refractivity contribution >= 4 is 11.9 Å². The molecule has 7 atom stereocenters. The second kappa shape index (κ2) is 11.8. The maximum absolute atomic E-state index is 12.7. The van der Waals surface area contributed by atoms with Crippen LogP contribution in [-0.4, -0.2) is 72.4 Å². The lowest BCUT2D eigenvalue weighted by molar-refractivity contribution is -0.193. The molecule has 0 spiro atoms. The third kappa shape index (κ3) is 7.45. The molecular weight excluding hydrogens is 458 g/mol. The number of aliphatic hydroxyl groups is 1. The van der Waals surface area contributed by atoms with Crippen LogP contribution < -0.4 is 5.32 Å². The average Bonchev–Trinajstić information content (AvgIpc) is 3.27. The number of fused-ring (bicyclic) bond motifs is 1. The molecule has 3 rings (SSSR count). The minimum absolute atomic E-state index is 0.0520. The van der Waals surface area contributed by atoms with Gasteiger partial charge in [-0.05, 0) is 39.2 Å². The van der Waals surface area contributed by atoms with E-state index in [0.29, 0.717) is 0 Å². The summed E-state index contributed by atoms with van der Waals surface area (Å²) in [6, 6.07) is 8.42. The molecule has 35 heavy (non-hydrogen) atoms. The highest BCUT2D eigenvalue weighted by Gasteiger charge is 2.54. The minimum atomic E-state index is -1.40. The lowest BCUT2D eigenvalue weighted by Gasteiger charge is -2.25. The maximum Gasteiger partial charge on any atom is 0.347 e. The molecule has 0 amide bonds. The van der Waals surface area contributed by atoms with Gasteiger partial charge in [0.2, 0.25) is 6.41 Å². The largest absolute Gasteiger partial charge is 0.460 e. The summed E-state index contributed by atoms with van der Waals surface area (Å²) in [5.41, 5.74) is 0.874. The van der Waals surface area contributed by atoms with Crippen LogP contribution >= 0.6 is 0 Å². The van der Waals surface area contributed by atoms with E-state index in [0.717, 1.165) is 5.56 Å². The first-order valence-corrected chi connectivity index (χ1v) is 11.9. The summed E-state index contributed by atoms with van der Waals surface area (Å²) in [6.07, 6.45) is -3.82. The Labute approximate surface area is 206 Å². The zero-order valence-electron chi connectivity index (χ0n) is 21.1. The highest BCUT2D eigenvalue weighted by atomic mass is 16.8. The van der Waals surface area contributed by atoms with Gasteiger partial charge >= 0.3 is 11.9 Å². The van der Waals surface area contributed by atoms with Gasteiger partial charge < -0.3 is 33.5 Å². The van der Waals surface area contributed by atoms with Crippen molar-refractivity contribution in [1.82, 2.24) is 5.32 Å². The Morgan fingerprint density at radius 3 is 2.40 bits per heavy atom. The van der Waals surface area contributed by atoms with Crippen molar-refractivity contribution in [3.05, 3.63) is 35.9 Å². The molecule has 0 bridgehead atoms. The zero-order chi connectivity index (χ0) is 25.8. The van der Waals surface area contributed by atoms with Crippen molar-refractivity contribution in [2.24, 2.45) is 5.92 Å². The second-order valence-electron chi connectivity index (χ2n) is 9.69. The predicted octanol–water partition coefficient (Wildman–Crippen LogP) is 1.88. The smallest absolute Gasteiger partial charge is 0.347 e. The molecule has 0 saturated carbocycles. The Kier molecular flexibility index (Phi) is 9.25. The minimum Gasteiger partial charge on any atom is -0.460 e. The van der Waals surface area contributed by atoms with Crippen LogP contribution in [0.2, 0.25) is 0 Å². The highest BCUT2D eigenvalue weighted by Crippen LogP contribution is 2.38. The third-order valence-electron chi connectivity index (χ3n) is 5.89. The van der Waals surface area contributed by atoms with Gasteiger partial charge in [0.05, 0.1) is 12.7 Å². The van der Waals surface area contributed by atoms with Crippen molar-refractivity contribution in [2.75, 3.05) is 6.61 Å². The fourth-order valence-corrected chi connectivity index (χ4v) is 4.09. The molecule has 10 heteroatoms. The number of carbonyl (C=O) groups is 2. The molecule has 2 fully saturated rings. The first kappa shape index (κ1) is 27.5. The first-order valence-electron chi connectivity index (χ1n) is 11.9. The monoisotopic (exact) mass is 495 g/mol. The summed E-state index contributed by atoms with van der Waals surface area (Å²) in [5, 5.41) is 12.9. The van der Waals surface area contributed by atoms with Gasteiger partial charge in [0.1, 0.15) is 31.0 Å². The summed E-state index contributed by atoms with van der Waals surface area (Å²) in [5.74, 6) is -2.38. The van der Waals surface area contributed by atoms with Gasteiger partial charge in [-0.1, -0.05) is 44.2 Å². The molecule has 0 aliphatic carbocycles. The molecule has 2 aliphatic rings. The number of rotatable bonds is 11. The topological polar surface area (TPSA) is 122 Å². The van der Waals surface area contributed by atoms with Crippen LogP contribution in [0.15, 0.2) is 30.3 Å². The summed E-state index contributed by atoms with van der Waals surface area (Å²) < 4.78 is 33.6. The molecule has 0 radical (unpaired) electrons. The first-order chi connectivity index (χ1) is 16.5. The van der Waals surface area contributed by atoms with Crippen LogP contribution in [0.4, 0.5) is 0 Å². The molecule has 2 N–H and O–H groups in total. The molecule has 1 aromatic rings. The summed E-state index contributed by atoms with van der Waals surface area (Å²) >= 11 is 0. The van der Waals surface area contributed by atoms with Gasteiger partial charge in [-0.15, -0.1) is 0 Å². The van der Waals surface area contributed by atoms with Crippen molar-refractivity contribution in [2.45, 2.75) is 96.9 Å². The van der Waals surface area contributed by atoms with E-state index in [9.17, 15) is 14.7 Å². The lowest BCUT2D eigenvalue weighted by atomic mass is 10.1. The van der Waals surface area contributed by atoms with Crippen LogP contribution in [0.25, 0.3) is 0 Å². The molecule has 0 aromatic heterocycles. The van der Waals surface area contributed by atoms with E-state index in [1.54, 1.807) is 13.8 Å². The number of nitrogens with one attached hydrogen (secondary N) is 1. The number of ether oxygens (including phenoxy) is 6. The van der Waals surface area contributed by atoms with Crippen LogP contribution in [0.3, 0.4) is 0 Å². The van der Waals surface area contributed by atoms with Crippen LogP contribution in [0.5, 0.6) is 0 Å². The molecule has 196 valence electrons. The number of benzene rings is 1.